The molecule has 49 heavy (non-hydrogen) atoms. The molecule has 0 saturated carbocycles. The number of carbonyl (C=O) groups excluding carboxylic acids is 4. The quantitative estimate of drug-likeness (QED) is 0.118. The molecule has 0 radical (unpaired) electrons. The van der Waals surface area contributed by atoms with Gasteiger partial charge in [0, 0.05) is 23.2 Å². The summed E-state index contributed by atoms with van der Waals surface area (Å²) in [7, 11) is 0. The summed E-state index contributed by atoms with van der Waals surface area (Å²) in [6.07, 6.45) is -0.111. The maximum absolute atomic E-state index is 14.5. The van der Waals surface area contributed by atoms with Crippen LogP contribution in [0.3, 0.4) is 0 Å². The fraction of sp³-hybridized carbons (Fsp3) is 0.333. The number of rotatable bonds is 2. The number of ether oxygens (including phenoxy) is 3. The Balaban J connectivity index is 1.89. The van der Waals surface area contributed by atoms with Crippen molar-refractivity contribution in [3.05, 3.63) is 78.0 Å². The van der Waals surface area contributed by atoms with Gasteiger partial charge in [0.2, 0.25) is 5.95 Å². The molecule has 3 amide bonds. The molecule has 2 aromatic heterocycles. The van der Waals surface area contributed by atoms with Gasteiger partial charge in [0.25, 0.3) is 5.91 Å². The summed E-state index contributed by atoms with van der Waals surface area (Å²) in [5, 5.41) is 4.76. The van der Waals surface area contributed by atoms with Crippen LogP contribution in [0.4, 0.5) is 30.1 Å². The van der Waals surface area contributed by atoms with Crippen molar-refractivity contribution in [2.24, 2.45) is 0 Å². The second-order valence-electron chi connectivity index (χ2n) is 14.3. The van der Waals surface area contributed by atoms with E-state index in [2.05, 4.69) is 10.1 Å². The lowest BCUT2D eigenvalue weighted by Gasteiger charge is -2.37. The van der Waals surface area contributed by atoms with Crippen LogP contribution in [0.15, 0.2) is 66.5 Å². The molecule has 256 valence electrons. The van der Waals surface area contributed by atoms with Gasteiger partial charge < -0.3 is 14.2 Å². The van der Waals surface area contributed by atoms with E-state index in [0.29, 0.717) is 5.56 Å². The van der Waals surface area contributed by atoms with Crippen molar-refractivity contribution in [2.45, 2.75) is 79.1 Å². The number of anilines is 2. The summed E-state index contributed by atoms with van der Waals surface area (Å²) in [6, 6.07) is 14.3. The van der Waals surface area contributed by atoms with Crippen LogP contribution >= 0.6 is 0 Å². The maximum atomic E-state index is 14.5. The number of carbonyl (C=O) groups is 4. The monoisotopic (exact) mass is 671 g/mol. The summed E-state index contributed by atoms with van der Waals surface area (Å²) in [5.41, 5.74) is -2.13. The van der Waals surface area contributed by atoms with Crippen LogP contribution in [0.25, 0.3) is 28.2 Å². The van der Waals surface area contributed by atoms with E-state index in [0.717, 1.165) is 20.5 Å². The molecule has 0 atom stereocenters. The number of hydrogen-bond donors (Lipinski definition) is 0. The first kappa shape index (κ1) is 34.7. The maximum Gasteiger partial charge on any atom is 0.435 e. The highest BCUT2D eigenvalue weighted by atomic mass is 19.1. The van der Waals surface area contributed by atoms with Crippen molar-refractivity contribution in [3.8, 4) is 11.3 Å². The predicted octanol–water partition coefficient (Wildman–Crippen LogP) is 8.08. The van der Waals surface area contributed by atoms with E-state index in [1.54, 1.807) is 92.6 Å². The number of fused-ring (bicyclic) bond motifs is 2. The minimum absolute atomic E-state index is 0.0360. The van der Waals surface area contributed by atoms with Gasteiger partial charge in [-0.05, 0) is 92.2 Å². The van der Waals surface area contributed by atoms with Crippen molar-refractivity contribution in [2.75, 3.05) is 9.80 Å². The summed E-state index contributed by atoms with van der Waals surface area (Å²) >= 11 is 0. The number of hydrogen-bond acceptors (Lipinski definition) is 9. The number of nitrogens with zero attached hydrogens (tertiary/aromatic N) is 5. The minimum Gasteiger partial charge on any atom is -0.443 e. The van der Waals surface area contributed by atoms with E-state index in [-0.39, 0.29) is 39.2 Å². The molecule has 0 saturated heterocycles. The van der Waals surface area contributed by atoms with Crippen molar-refractivity contribution in [1.82, 2.24) is 14.8 Å². The average Bonchev–Trinajstić information content (AvgIpc) is 3.33. The second-order valence-corrected chi connectivity index (χ2v) is 14.3. The van der Waals surface area contributed by atoms with Crippen LogP contribution in [-0.4, -0.2) is 55.8 Å². The standard InChI is InChI=1S/C36H38FN5O7/c1-34(2,3)47-31(44)40-25-19-23-24(42(33(46)49-36(7,8)9)39-29(23)22-15-16-38-28(37)18-22)20-26(25)41(32(45)48-35(4,5)6)30(43)27(40)17-21-13-11-10-12-14-21/h10-20H,1-9H3/b27-17+. The predicted molar refractivity (Wildman–Crippen MR) is 181 cm³/mol. The molecular weight excluding hydrogens is 633 g/mol. The molecule has 4 aromatic rings. The van der Waals surface area contributed by atoms with Gasteiger partial charge in [-0.2, -0.15) is 14.2 Å². The van der Waals surface area contributed by atoms with Crippen LogP contribution in [0.2, 0.25) is 0 Å². The molecule has 1 aliphatic heterocycles. The molecule has 3 heterocycles. The Kier molecular flexibility index (Phi) is 8.83. The molecule has 0 aliphatic carbocycles. The van der Waals surface area contributed by atoms with Crippen LogP contribution in [-0.2, 0) is 19.0 Å². The fourth-order valence-corrected chi connectivity index (χ4v) is 4.98. The highest BCUT2D eigenvalue weighted by Crippen LogP contribution is 2.44. The van der Waals surface area contributed by atoms with E-state index in [1.807, 2.05) is 0 Å². The smallest absolute Gasteiger partial charge is 0.435 e. The molecular formula is C36H38FN5O7. The Morgan fingerprint density at radius 1 is 0.735 bits per heavy atom. The van der Waals surface area contributed by atoms with E-state index < -0.39 is 46.9 Å². The Hall–Kier alpha value is -5.59. The lowest BCUT2D eigenvalue weighted by Crippen LogP contribution is -2.51. The summed E-state index contributed by atoms with van der Waals surface area (Å²) in [4.78, 5) is 61.4. The van der Waals surface area contributed by atoms with Gasteiger partial charge in [-0.25, -0.2) is 29.2 Å². The van der Waals surface area contributed by atoms with Crippen molar-refractivity contribution < 1.29 is 37.8 Å². The zero-order chi connectivity index (χ0) is 36.1. The first-order valence-electron chi connectivity index (χ1n) is 15.5. The Morgan fingerprint density at radius 3 is 1.86 bits per heavy atom. The highest BCUT2D eigenvalue weighted by Gasteiger charge is 2.44. The van der Waals surface area contributed by atoms with E-state index >= 15 is 0 Å². The van der Waals surface area contributed by atoms with Crippen molar-refractivity contribution >= 4 is 52.5 Å². The van der Waals surface area contributed by atoms with Gasteiger partial charge in [0.1, 0.15) is 28.2 Å². The Labute approximate surface area is 283 Å². The van der Waals surface area contributed by atoms with Gasteiger partial charge in [-0.3, -0.25) is 4.79 Å². The molecule has 0 fully saturated rings. The molecule has 1 aliphatic rings. The van der Waals surface area contributed by atoms with Gasteiger partial charge in [0.05, 0.1) is 16.9 Å². The fourth-order valence-electron chi connectivity index (χ4n) is 4.98. The SMILES string of the molecule is CC(C)(C)OC(=O)N1C(=O)/C(=C\c2ccccc2)N(C(=O)OC(C)(C)C)c2cc3c(-c4ccnc(F)c4)nn(C(=O)OC(C)(C)C)c3cc21. The van der Waals surface area contributed by atoms with Crippen molar-refractivity contribution in [3.63, 3.8) is 0 Å². The molecule has 0 N–H and O–H groups in total. The number of amides is 3. The third-order valence-corrected chi connectivity index (χ3v) is 6.74. The number of imide groups is 1. The molecule has 2 aromatic carbocycles. The average molecular weight is 672 g/mol. The molecule has 0 spiro atoms. The molecule has 12 nitrogen and oxygen atoms in total. The van der Waals surface area contributed by atoms with Crippen LogP contribution < -0.4 is 9.80 Å². The first-order valence-corrected chi connectivity index (χ1v) is 15.5. The first-order chi connectivity index (χ1) is 22.7. The number of pyridine rings is 1. The molecule has 5 rings (SSSR count). The van der Waals surface area contributed by atoms with E-state index in [4.69, 9.17) is 14.2 Å². The van der Waals surface area contributed by atoms with Crippen LogP contribution in [0.5, 0.6) is 0 Å². The summed E-state index contributed by atoms with van der Waals surface area (Å²) in [5.74, 6) is -1.68. The van der Waals surface area contributed by atoms with Crippen LogP contribution in [0.1, 0.15) is 67.9 Å². The van der Waals surface area contributed by atoms with E-state index in [9.17, 15) is 23.6 Å². The molecule has 0 unspecified atom stereocenters. The minimum atomic E-state index is -1.03. The van der Waals surface area contributed by atoms with Gasteiger partial charge in [-0.15, -0.1) is 0 Å². The summed E-state index contributed by atoms with van der Waals surface area (Å²) in [6.45, 7) is 15.0. The third-order valence-electron chi connectivity index (χ3n) is 6.74. The van der Waals surface area contributed by atoms with Gasteiger partial charge >= 0.3 is 18.3 Å². The lowest BCUT2D eigenvalue weighted by molar-refractivity contribution is -0.115. The van der Waals surface area contributed by atoms with Crippen LogP contribution in [0, 0.1) is 5.95 Å². The molecule has 13 heteroatoms. The normalized spacial score (nSPS) is 14.6. The van der Waals surface area contributed by atoms with Gasteiger partial charge in [-0.1, -0.05) is 30.3 Å². The zero-order valence-corrected chi connectivity index (χ0v) is 28.8. The third kappa shape index (κ3) is 7.61. The topological polar surface area (TPSA) is 133 Å². The number of halogens is 1. The molecule has 0 bridgehead atoms. The zero-order valence-electron chi connectivity index (χ0n) is 28.8. The van der Waals surface area contributed by atoms with Crippen molar-refractivity contribution in [1.29, 1.82) is 0 Å². The Bertz CT molecular complexity index is 2000. The van der Waals surface area contributed by atoms with E-state index in [1.165, 1.54) is 30.5 Å². The highest BCUT2D eigenvalue weighted by molar-refractivity contribution is 6.30. The lowest BCUT2D eigenvalue weighted by atomic mass is 10.0. The Morgan fingerprint density at radius 2 is 1.29 bits per heavy atom. The largest absolute Gasteiger partial charge is 0.443 e. The van der Waals surface area contributed by atoms with Gasteiger partial charge in [0.15, 0.2) is 0 Å². The summed E-state index contributed by atoms with van der Waals surface area (Å²) < 4.78 is 32.4. The number of benzene rings is 2. The second kappa shape index (κ2) is 12.5. The number of aromatic nitrogens is 3.